The molecule has 0 heterocycles. The fourth-order valence-corrected chi connectivity index (χ4v) is 0.994. The van der Waals surface area contributed by atoms with Gasteiger partial charge in [0.2, 0.25) is 0 Å². The maximum absolute atomic E-state index is 10.5. The molecule has 0 radical (unpaired) electrons. The molecule has 0 spiro atoms. The summed E-state index contributed by atoms with van der Waals surface area (Å²) in [5.74, 6) is 0. The minimum absolute atomic E-state index is 0.0448. The van der Waals surface area contributed by atoms with E-state index in [-0.39, 0.29) is 6.61 Å². The highest BCUT2D eigenvalue weighted by Crippen LogP contribution is 2.08. The third-order valence-corrected chi connectivity index (χ3v) is 2.88. The lowest BCUT2D eigenvalue weighted by molar-refractivity contribution is 0.371. The highest BCUT2D eigenvalue weighted by molar-refractivity contribution is 8.70. The molecule has 3 nitrogen and oxygen atoms in total. The molecule has 0 atom stereocenters. The first kappa shape index (κ1) is 9.00. The molecule has 0 aromatic carbocycles. The van der Waals surface area contributed by atoms with Crippen LogP contribution in [0.4, 0.5) is 0 Å². The Hall–Kier alpha value is -0.0000000000000000555. The van der Waals surface area contributed by atoms with Crippen molar-refractivity contribution >= 4 is 19.9 Å². The molecule has 0 unspecified atom stereocenters. The SMILES string of the molecule is C=CCOS(=O)(=O)SC. The van der Waals surface area contributed by atoms with Crippen LogP contribution in [0.5, 0.6) is 0 Å². The van der Waals surface area contributed by atoms with Crippen molar-refractivity contribution < 1.29 is 12.6 Å². The molecule has 9 heavy (non-hydrogen) atoms. The van der Waals surface area contributed by atoms with E-state index >= 15 is 0 Å². The standard InChI is InChI=1S/C4H8O3S2/c1-3-4-7-9(5,6)8-2/h3H,1,4H2,2H3. The van der Waals surface area contributed by atoms with Crippen LogP contribution >= 0.6 is 10.8 Å². The third-order valence-electron chi connectivity index (χ3n) is 0.534. The second-order valence-electron chi connectivity index (χ2n) is 1.15. The maximum Gasteiger partial charge on any atom is 0.322 e. The molecule has 0 amide bonds. The highest BCUT2D eigenvalue weighted by Gasteiger charge is 2.04. The van der Waals surface area contributed by atoms with E-state index in [1.807, 2.05) is 0 Å². The Kier molecular flexibility index (Phi) is 3.92. The molecule has 0 rings (SSSR count). The predicted molar refractivity (Wildman–Crippen MR) is 38.6 cm³/mol. The first-order chi connectivity index (χ1) is 4.12. The summed E-state index contributed by atoms with van der Waals surface area (Å²) in [6.07, 6.45) is 2.83. The fraction of sp³-hybridized carbons (Fsp3) is 0.500. The van der Waals surface area contributed by atoms with Crippen molar-refractivity contribution in [1.82, 2.24) is 0 Å². The zero-order valence-electron chi connectivity index (χ0n) is 5.03. The van der Waals surface area contributed by atoms with E-state index in [1.165, 1.54) is 12.3 Å². The summed E-state index contributed by atoms with van der Waals surface area (Å²) < 4.78 is 25.2. The van der Waals surface area contributed by atoms with E-state index in [2.05, 4.69) is 10.8 Å². The summed E-state index contributed by atoms with van der Waals surface area (Å²) in [6.45, 7) is 3.34. The van der Waals surface area contributed by atoms with Gasteiger partial charge in [-0.15, -0.1) is 6.58 Å². The van der Waals surface area contributed by atoms with Crippen molar-refractivity contribution in [2.24, 2.45) is 0 Å². The Labute approximate surface area is 58.6 Å². The lowest BCUT2D eigenvalue weighted by Gasteiger charge is -1.95. The molecular formula is C4H8O3S2. The molecule has 0 aliphatic rings. The summed E-state index contributed by atoms with van der Waals surface area (Å²) >= 11 is 0. The summed E-state index contributed by atoms with van der Waals surface area (Å²) in [4.78, 5) is 0. The summed E-state index contributed by atoms with van der Waals surface area (Å²) in [7, 11) is -2.67. The Morgan fingerprint density at radius 3 is 2.67 bits per heavy atom. The molecular weight excluding hydrogens is 160 g/mol. The van der Waals surface area contributed by atoms with E-state index in [9.17, 15) is 8.42 Å². The predicted octanol–water partition coefficient (Wildman–Crippen LogP) is 0.797. The Balaban J connectivity index is 3.74. The van der Waals surface area contributed by atoms with Gasteiger partial charge in [0.15, 0.2) is 0 Å². The maximum atomic E-state index is 10.5. The zero-order valence-corrected chi connectivity index (χ0v) is 6.67. The quantitative estimate of drug-likeness (QED) is 0.460. The van der Waals surface area contributed by atoms with Gasteiger partial charge in [-0.3, -0.25) is 4.18 Å². The molecule has 0 aromatic rings. The Morgan fingerprint density at radius 2 is 2.33 bits per heavy atom. The lowest BCUT2D eigenvalue weighted by Crippen LogP contribution is -1.98. The Morgan fingerprint density at radius 1 is 1.78 bits per heavy atom. The van der Waals surface area contributed by atoms with Crippen molar-refractivity contribution in [3.05, 3.63) is 12.7 Å². The van der Waals surface area contributed by atoms with Gasteiger partial charge in [0, 0.05) is 0 Å². The first-order valence-corrected chi connectivity index (χ1v) is 5.33. The molecule has 0 aliphatic heterocycles. The van der Waals surface area contributed by atoms with Crippen LogP contribution < -0.4 is 0 Å². The number of hydrogen-bond acceptors (Lipinski definition) is 4. The van der Waals surface area contributed by atoms with Gasteiger partial charge in [-0.25, -0.2) is 0 Å². The van der Waals surface area contributed by atoms with Gasteiger partial charge in [-0.1, -0.05) is 6.08 Å². The van der Waals surface area contributed by atoms with Crippen LogP contribution in [0.2, 0.25) is 0 Å². The van der Waals surface area contributed by atoms with Crippen LogP contribution in [0, 0.1) is 0 Å². The molecule has 0 N–H and O–H groups in total. The average molecular weight is 168 g/mol. The van der Waals surface area contributed by atoms with Gasteiger partial charge in [0.05, 0.1) is 6.61 Å². The fourth-order valence-electron chi connectivity index (χ4n) is 0.180. The lowest BCUT2D eigenvalue weighted by atomic mass is 10.7. The topological polar surface area (TPSA) is 43.4 Å². The summed E-state index contributed by atoms with van der Waals surface area (Å²) in [6, 6.07) is 0. The van der Waals surface area contributed by atoms with Crippen LogP contribution in [0.3, 0.4) is 0 Å². The summed E-state index contributed by atoms with van der Waals surface area (Å²) in [5, 5.41) is 0. The molecule has 0 saturated heterocycles. The number of hydrogen-bond donors (Lipinski definition) is 0. The molecule has 0 aromatic heterocycles. The van der Waals surface area contributed by atoms with E-state index in [0.717, 1.165) is 0 Å². The van der Waals surface area contributed by atoms with Crippen LogP contribution in [0.25, 0.3) is 0 Å². The minimum Gasteiger partial charge on any atom is -0.258 e. The normalized spacial score (nSPS) is 11.2. The van der Waals surface area contributed by atoms with Gasteiger partial charge in [0.1, 0.15) is 0 Å². The van der Waals surface area contributed by atoms with Gasteiger partial charge < -0.3 is 0 Å². The molecule has 0 saturated carbocycles. The second-order valence-corrected chi connectivity index (χ2v) is 4.76. The minimum atomic E-state index is -3.34. The number of rotatable bonds is 4. The van der Waals surface area contributed by atoms with Crippen LogP contribution in [-0.2, 0) is 13.3 Å². The largest absolute Gasteiger partial charge is 0.322 e. The molecule has 0 aliphatic carbocycles. The van der Waals surface area contributed by atoms with Gasteiger partial charge in [-0.05, 0) is 17.0 Å². The van der Waals surface area contributed by atoms with Gasteiger partial charge >= 0.3 is 9.15 Å². The van der Waals surface area contributed by atoms with Crippen molar-refractivity contribution in [2.75, 3.05) is 12.9 Å². The van der Waals surface area contributed by atoms with E-state index in [1.54, 1.807) is 0 Å². The monoisotopic (exact) mass is 168 g/mol. The van der Waals surface area contributed by atoms with Gasteiger partial charge in [0.25, 0.3) is 0 Å². The van der Waals surface area contributed by atoms with E-state index in [0.29, 0.717) is 10.8 Å². The van der Waals surface area contributed by atoms with Crippen LogP contribution in [-0.4, -0.2) is 21.3 Å². The van der Waals surface area contributed by atoms with Crippen molar-refractivity contribution in [3.63, 3.8) is 0 Å². The van der Waals surface area contributed by atoms with Crippen molar-refractivity contribution in [3.8, 4) is 0 Å². The van der Waals surface area contributed by atoms with Crippen LogP contribution in [0.15, 0.2) is 12.7 Å². The van der Waals surface area contributed by atoms with Crippen molar-refractivity contribution in [1.29, 1.82) is 0 Å². The summed E-state index contributed by atoms with van der Waals surface area (Å²) in [5.41, 5.74) is 0. The average Bonchev–Trinajstić information content (AvgIpc) is 1.84. The Bertz CT molecular complexity index is 170. The van der Waals surface area contributed by atoms with Crippen molar-refractivity contribution in [2.45, 2.75) is 0 Å². The van der Waals surface area contributed by atoms with E-state index < -0.39 is 9.15 Å². The molecule has 0 fully saturated rings. The smallest absolute Gasteiger partial charge is 0.258 e. The van der Waals surface area contributed by atoms with E-state index in [4.69, 9.17) is 0 Å². The first-order valence-electron chi connectivity index (χ1n) is 2.18. The molecule has 54 valence electrons. The third kappa shape index (κ3) is 4.50. The van der Waals surface area contributed by atoms with Crippen LogP contribution in [0.1, 0.15) is 0 Å². The highest BCUT2D eigenvalue weighted by atomic mass is 33.1. The zero-order chi connectivity index (χ0) is 7.33. The molecule has 0 bridgehead atoms. The second kappa shape index (κ2) is 3.92. The molecule has 5 heteroatoms. The van der Waals surface area contributed by atoms with Gasteiger partial charge in [-0.2, -0.15) is 8.42 Å².